The summed E-state index contributed by atoms with van der Waals surface area (Å²) < 4.78 is 12.9. The Bertz CT molecular complexity index is 892. The summed E-state index contributed by atoms with van der Waals surface area (Å²) in [6, 6.07) is 4.10. The number of aliphatic imine (C=N–C) groups is 1. The first-order valence-electron chi connectivity index (χ1n) is 10.1. The van der Waals surface area contributed by atoms with Gasteiger partial charge in [0.2, 0.25) is 0 Å². The Morgan fingerprint density at radius 3 is 2.55 bits per heavy atom. The Morgan fingerprint density at radius 1 is 1.29 bits per heavy atom. The van der Waals surface area contributed by atoms with Gasteiger partial charge in [-0.15, -0.1) is 30.6 Å². The van der Waals surface area contributed by atoms with E-state index in [1.165, 1.54) is 5.56 Å². The summed E-state index contributed by atoms with van der Waals surface area (Å²) in [6.45, 7) is 9.52. The van der Waals surface area contributed by atoms with Crippen molar-refractivity contribution >= 4 is 29.9 Å². The fourth-order valence-electron chi connectivity index (χ4n) is 3.57. The maximum Gasteiger partial charge on any atom is 0.193 e. The molecule has 0 spiro atoms. The second-order valence-electron chi connectivity index (χ2n) is 7.61. The van der Waals surface area contributed by atoms with Crippen LogP contribution < -0.4 is 14.8 Å². The third-order valence-electron chi connectivity index (χ3n) is 4.90. The lowest BCUT2D eigenvalue weighted by molar-refractivity contribution is 0.351. The summed E-state index contributed by atoms with van der Waals surface area (Å²) in [6.07, 6.45) is 4.65. The van der Waals surface area contributed by atoms with E-state index in [2.05, 4.69) is 53.0 Å². The van der Waals surface area contributed by atoms with Crippen molar-refractivity contribution in [2.75, 3.05) is 28.3 Å². The summed E-state index contributed by atoms with van der Waals surface area (Å²) in [7, 11) is 9.09. The van der Waals surface area contributed by atoms with Gasteiger partial charge >= 0.3 is 0 Å². The molecule has 0 fully saturated rings. The monoisotopic (exact) mass is 541 g/mol. The average molecular weight is 541 g/mol. The molecule has 8 heteroatoms. The van der Waals surface area contributed by atoms with E-state index < -0.39 is 0 Å². The Hall–Kier alpha value is -2.23. The van der Waals surface area contributed by atoms with Crippen molar-refractivity contribution < 1.29 is 9.47 Å². The summed E-state index contributed by atoms with van der Waals surface area (Å²) in [5, 5.41) is 8.05. The molecule has 0 aliphatic heterocycles. The highest BCUT2D eigenvalue weighted by molar-refractivity contribution is 14.0. The van der Waals surface area contributed by atoms with Gasteiger partial charge in [0.25, 0.3) is 0 Å². The smallest absolute Gasteiger partial charge is 0.193 e. The van der Waals surface area contributed by atoms with Gasteiger partial charge in [-0.05, 0) is 30.0 Å². The number of nitrogens with zero attached hydrogens (tertiary/aromatic N) is 4. The first kappa shape index (κ1) is 26.8. The molecule has 1 heterocycles. The minimum Gasteiger partial charge on any atom is -0.493 e. The number of nitrogens with one attached hydrogen (secondary N) is 1. The van der Waals surface area contributed by atoms with Crippen LogP contribution in [0.5, 0.6) is 11.5 Å². The van der Waals surface area contributed by atoms with Crippen LogP contribution in [-0.4, -0.2) is 49.0 Å². The summed E-state index contributed by atoms with van der Waals surface area (Å²) in [5.74, 6) is 2.66. The fourth-order valence-corrected chi connectivity index (χ4v) is 3.57. The number of ether oxygens (including phenoxy) is 2. The van der Waals surface area contributed by atoms with Gasteiger partial charge in [0.1, 0.15) is 0 Å². The van der Waals surface area contributed by atoms with Crippen molar-refractivity contribution in [1.29, 1.82) is 0 Å². The predicted molar refractivity (Wildman–Crippen MR) is 138 cm³/mol. The van der Waals surface area contributed by atoms with Gasteiger partial charge in [-0.25, -0.2) is 0 Å². The quantitative estimate of drug-likeness (QED) is 0.224. The van der Waals surface area contributed by atoms with Gasteiger partial charge in [0, 0.05) is 51.6 Å². The number of hydrogen-bond acceptors (Lipinski definition) is 4. The van der Waals surface area contributed by atoms with Gasteiger partial charge in [-0.3, -0.25) is 9.67 Å². The lowest BCUT2D eigenvalue weighted by atomic mass is 10.1. The maximum atomic E-state index is 5.53. The van der Waals surface area contributed by atoms with E-state index in [1.807, 2.05) is 30.9 Å². The first-order chi connectivity index (χ1) is 14.3. The number of aryl methyl sites for hydroxylation is 1. The summed E-state index contributed by atoms with van der Waals surface area (Å²) in [4.78, 5) is 6.55. The van der Waals surface area contributed by atoms with E-state index in [0.29, 0.717) is 24.6 Å². The maximum absolute atomic E-state index is 5.53. The number of aromatic nitrogens is 2. The Labute approximate surface area is 203 Å². The van der Waals surface area contributed by atoms with E-state index in [9.17, 15) is 0 Å². The zero-order valence-electron chi connectivity index (χ0n) is 19.7. The molecule has 1 N–H and O–H groups in total. The summed E-state index contributed by atoms with van der Waals surface area (Å²) in [5.41, 5.74) is 4.46. The van der Waals surface area contributed by atoms with Crippen molar-refractivity contribution in [2.24, 2.45) is 12.0 Å². The molecule has 0 amide bonds. The van der Waals surface area contributed by atoms with E-state index in [-0.39, 0.29) is 24.0 Å². The molecule has 0 aliphatic rings. The molecule has 0 radical (unpaired) electrons. The molecule has 2 rings (SSSR count). The molecular weight excluding hydrogens is 505 g/mol. The fraction of sp³-hybridized carbons (Fsp3) is 0.478. The highest BCUT2D eigenvalue weighted by atomic mass is 127. The van der Waals surface area contributed by atoms with Crippen molar-refractivity contribution in [1.82, 2.24) is 20.0 Å². The van der Waals surface area contributed by atoms with Crippen LogP contribution in [0.15, 0.2) is 36.0 Å². The molecule has 172 valence electrons. The van der Waals surface area contributed by atoms with Crippen LogP contribution in [0.3, 0.4) is 0 Å². The third kappa shape index (κ3) is 6.88. The number of allylic oxidation sites excluding steroid dienone is 1. The number of methoxy groups -OCH3 is 2. The molecular formula is C23H36IN5O2. The van der Waals surface area contributed by atoms with Gasteiger partial charge in [-0.1, -0.05) is 19.9 Å². The number of benzene rings is 1. The molecule has 0 bridgehead atoms. The lowest BCUT2D eigenvalue weighted by Crippen LogP contribution is -2.38. The first-order valence-corrected chi connectivity index (χ1v) is 10.1. The Morgan fingerprint density at radius 2 is 2.00 bits per heavy atom. The minimum atomic E-state index is 0. The standard InChI is InChI=1S/C23H35N5O2.HI/c1-9-10-18-11-17(12-20(29-7)22(18)30-8)13-25-23(24-4)27(5)14-19-15-28(6)26-21(19)16(2)3;/h9,11-12,15-16H,1,10,13-14H2,2-8H3,(H,24,25);1H. The molecule has 1 aromatic carbocycles. The molecule has 7 nitrogen and oxygen atoms in total. The van der Waals surface area contributed by atoms with E-state index in [1.54, 1.807) is 21.3 Å². The second-order valence-corrected chi connectivity index (χ2v) is 7.61. The lowest BCUT2D eigenvalue weighted by Gasteiger charge is -2.23. The molecule has 1 aromatic heterocycles. The van der Waals surface area contributed by atoms with Crippen molar-refractivity contribution in [2.45, 2.75) is 39.3 Å². The van der Waals surface area contributed by atoms with Crippen molar-refractivity contribution in [3.63, 3.8) is 0 Å². The highest BCUT2D eigenvalue weighted by Crippen LogP contribution is 2.33. The number of hydrogen-bond donors (Lipinski definition) is 1. The zero-order valence-corrected chi connectivity index (χ0v) is 22.1. The van der Waals surface area contributed by atoms with Crippen molar-refractivity contribution in [3.8, 4) is 11.5 Å². The SMILES string of the molecule is C=CCc1cc(CNC(=NC)N(C)Cc2cn(C)nc2C(C)C)cc(OC)c1OC.I. The molecule has 0 saturated heterocycles. The van der Waals surface area contributed by atoms with Crippen LogP contribution in [0.4, 0.5) is 0 Å². The Balaban J connectivity index is 0.00000480. The topological polar surface area (TPSA) is 63.9 Å². The zero-order chi connectivity index (χ0) is 22.3. The van der Waals surface area contributed by atoms with Crippen LogP contribution in [0.25, 0.3) is 0 Å². The number of halogens is 1. The third-order valence-corrected chi connectivity index (χ3v) is 4.90. The van der Waals surface area contributed by atoms with Crippen LogP contribution in [0, 0.1) is 0 Å². The normalized spacial score (nSPS) is 11.2. The van der Waals surface area contributed by atoms with Gasteiger partial charge in [0.15, 0.2) is 17.5 Å². The molecule has 0 unspecified atom stereocenters. The second kappa shape index (κ2) is 12.6. The largest absolute Gasteiger partial charge is 0.493 e. The predicted octanol–water partition coefficient (Wildman–Crippen LogP) is 4.11. The molecule has 0 saturated carbocycles. The van der Waals surface area contributed by atoms with Crippen LogP contribution in [-0.2, 0) is 26.6 Å². The molecule has 0 aliphatic carbocycles. The van der Waals surface area contributed by atoms with Crippen molar-refractivity contribution in [3.05, 3.63) is 53.4 Å². The van der Waals surface area contributed by atoms with Gasteiger partial charge in [-0.2, -0.15) is 5.10 Å². The summed E-state index contributed by atoms with van der Waals surface area (Å²) >= 11 is 0. The highest BCUT2D eigenvalue weighted by Gasteiger charge is 2.16. The van der Waals surface area contributed by atoms with E-state index in [4.69, 9.17) is 9.47 Å². The van der Waals surface area contributed by atoms with E-state index in [0.717, 1.165) is 35.1 Å². The Kier molecular flexibility index (Phi) is 10.9. The number of rotatable bonds is 9. The minimum absolute atomic E-state index is 0. The van der Waals surface area contributed by atoms with Gasteiger partial charge in [0.05, 0.1) is 19.9 Å². The van der Waals surface area contributed by atoms with Crippen LogP contribution in [0.2, 0.25) is 0 Å². The van der Waals surface area contributed by atoms with Crippen LogP contribution in [0.1, 0.15) is 42.1 Å². The van der Waals surface area contributed by atoms with E-state index >= 15 is 0 Å². The average Bonchev–Trinajstić information content (AvgIpc) is 3.08. The van der Waals surface area contributed by atoms with Crippen LogP contribution >= 0.6 is 24.0 Å². The molecule has 2 aromatic rings. The molecule has 0 atom stereocenters. The van der Waals surface area contributed by atoms with Gasteiger partial charge < -0.3 is 19.7 Å². The molecule has 31 heavy (non-hydrogen) atoms. The number of guanidine groups is 1.